The Morgan fingerprint density at radius 1 is 1.00 bits per heavy atom. The van der Waals surface area contributed by atoms with Gasteiger partial charge in [0.25, 0.3) is 0 Å². The lowest BCUT2D eigenvalue weighted by Crippen LogP contribution is -1.92. The third-order valence-electron chi connectivity index (χ3n) is 1.83. The van der Waals surface area contributed by atoms with E-state index in [2.05, 4.69) is 20.8 Å². The Kier molecular flexibility index (Phi) is 16.1. The summed E-state index contributed by atoms with van der Waals surface area (Å²) in [5.41, 5.74) is 0. The molecule has 0 saturated heterocycles. The molecule has 0 fully saturated rings. The van der Waals surface area contributed by atoms with Crippen LogP contribution in [0, 0.1) is 5.92 Å². The van der Waals surface area contributed by atoms with Crippen molar-refractivity contribution >= 4 is 0 Å². The second-order valence-electron chi connectivity index (χ2n) is 3.14. The molecule has 0 radical (unpaired) electrons. The number of unbranched alkanes of at least 4 members (excludes halogenated alkanes) is 1. The first-order chi connectivity index (χ1) is 5.72. The molecule has 1 atom stereocenters. The number of halogens is 2. The van der Waals surface area contributed by atoms with Crippen molar-refractivity contribution < 1.29 is 8.78 Å². The summed E-state index contributed by atoms with van der Waals surface area (Å²) >= 11 is 0. The summed E-state index contributed by atoms with van der Waals surface area (Å²) in [5, 5.41) is 0. The van der Waals surface area contributed by atoms with Crippen LogP contribution in [-0.2, 0) is 0 Å². The van der Waals surface area contributed by atoms with Crippen LogP contribution in [-0.4, -0.2) is 6.93 Å². The number of hydrogen-bond donors (Lipinski definition) is 0. The van der Waals surface area contributed by atoms with Crippen LogP contribution in [0.1, 0.15) is 52.9 Å². The van der Waals surface area contributed by atoms with Crippen LogP contribution < -0.4 is 0 Å². The Labute approximate surface area is 75.4 Å². The van der Waals surface area contributed by atoms with Gasteiger partial charge in [0.2, 0.25) is 6.93 Å². The SMILES string of the molecule is CCCCC(C)CCC.FCF. The van der Waals surface area contributed by atoms with Crippen molar-refractivity contribution in [2.24, 2.45) is 5.92 Å². The van der Waals surface area contributed by atoms with E-state index in [1.807, 2.05) is 0 Å². The van der Waals surface area contributed by atoms with Crippen LogP contribution in [0.15, 0.2) is 0 Å². The van der Waals surface area contributed by atoms with E-state index in [0.29, 0.717) is 0 Å². The summed E-state index contributed by atoms with van der Waals surface area (Å²) in [4.78, 5) is 0. The van der Waals surface area contributed by atoms with Crippen molar-refractivity contribution in [3.8, 4) is 0 Å². The molecule has 0 aromatic rings. The normalized spacial score (nSPS) is 11.8. The third-order valence-corrected chi connectivity index (χ3v) is 1.83. The van der Waals surface area contributed by atoms with E-state index in [1.165, 1.54) is 32.1 Å². The molecule has 0 aromatic carbocycles. The van der Waals surface area contributed by atoms with Gasteiger partial charge in [0.15, 0.2) is 0 Å². The fourth-order valence-corrected chi connectivity index (χ4v) is 1.19. The van der Waals surface area contributed by atoms with E-state index in [4.69, 9.17) is 0 Å². The Bertz CT molecular complexity index is 64.9. The maximum atomic E-state index is 9.62. The molecule has 0 aliphatic rings. The fraction of sp³-hybridized carbons (Fsp3) is 1.00. The zero-order valence-electron chi connectivity index (χ0n) is 8.58. The first-order valence-electron chi connectivity index (χ1n) is 4.84. The molecule has 0 saturated carbocycles. The van der Waals surface area contributed by atoms with E-state index < -0.39 is 6.93 Å². The minimum absolute atomic E-state index is 0.968. The summed E-state index contributed by atoms with van der Waals surface area (Å²) in [5.74, 6) is 0.968. The van der Waals surface area contributed by atoms with Gasteiger partial charge in [-0.3, -0.25) is 0 Å². The molecule has 0 heterocycles. The summed E-state index contributed by atoms with van der Waals surface area (Å²) in [7, 11) is 0. The fourth-order valence-electron chi connectivity index (χ4n) is 1.19. The molecule has 0 aromatic heterocycles. The largest absolute Gasteiger partial charge is 0.229 e. The second kappa shape index (κ2) is 13.4. The van der Waals surface area contributed by atoms with Gasteiger partial charge in [-0.05, 0) is 5.92 Å². The Hall–Kier alpha value is -0.140. The lowest BCUT2D eigenvalue weighted by molar-refractivity contribution is 0.295. The van der Waals surface area contributed by atoms with Gasteiger partial charge < -0.3 is 0 Å². The molecule has 0 nitrogen and oxygen atoms in total. The highest BCUT2D eigenvalue weighted by Crippen LogP contribution is 2.12. The smallest absolute Gasteiger partial charge is 0.214 e. The maximum Gasteiger partial charge on any atom is 0.229 e. The molecule has 0 aliphatic heterocycles. The molecule has 0 N–H and O–H groups in total. The Balaban J connectivity index is 0. The average molecular weight is 180 g/mol. The molecular formula is C10H22F2. The van der Waals surface area contributed by atoms with Gasteiger partial charge in [-0.25, -0.2) is 8.78 Å². The number of rotatable bonds is 5. The number of hydrogen-bond acceptors (Lipinski definition) is 0. The standard InChI is InChI=1S/C9H20.CH2F2/c1-4-6-8-9(3)7-5-2;2-1-3/h9H,4-8H2,1-3H3;1H2. The van der Waals surface area contributed by atoms with E-state index >= 15 is 0 Å². The van der Waals surface area contributed by atoms with Gasteiger partial charge in [-0.15, -0.1) is 0 Å². The van der Waals surface area contributed by atoms with Crippen LogP contribution in [0.5, 0.6) is 0 Å². The quantitative estimate of drug-likeness (QED) is 0.584. The summed E-state index contributed by atoms with van der Waals surface area (Å²) in [6.07, 6.45) is 6.98. The lowest BCUT2D eigenvalue weighted by atomic mass is 10.00. The van der Waals surface area contributed by atoms with Crippen LogP contribution in [0.3, 0.4) is 0 Å². The van der Waals surface area contributed by atoms with Gasteiger partial charge in [0, 0.05) is 0 Å². The van der Waals surface area contributed by atoms with Crippen molar-refractivity contribution in [2.45, 2.75) is 52.9 Å². The van der Waals surface area contributed by atoms with E-state index in [0.717, 1.165) is 5.92 Å². The van der Waals surface area contributed by atoms with Gasteiger partial charge in [-0.2, -0.15) is 0 Å². The Morgan fingerprint density at radius 2 is 1.50 bits per heavy atom. The van der Waals surface area contributed by atoms with E-state index in [1.54, 1.807) is 0 Å². The zero-order valence-corrected chi connectivity index (χ0v) is 8.58. The van der Waals surface area contributed by atoms with Crippen molar-refractivity contribution in [3.05, 3.63) is 0 Å². The molecular weight excluding hydrogens is 158 g/mol. The van der Waals surface area contributed by atoms with Crippen molar-refractivity contribution in [1.29, 1.82) is 0 Å². The molecule has 0 amide bonds. The van der Waals surface area contributed by atoms with Crippen molar-refractivity contribution in [3.63, 3.8) is 0 Å². The van der Waals surface area contributed by atoms with Gasteiger partial charge >= 0.3 is 0 Å². The van der Waals surface area contributed by atoms with Gasteiger partial charge in [-0.1, -0.05) is 52.9 Å². The second-order valence-corrected chi connectivity index (χ2v) is 3.14. The first-order valence-corrected chi connectivity index (χ1v) is 4.84. The predicted molar refractivity (Wildman–Crippen MR) is 50.7 cm³/mol. The van der Waals surface area contributed by atoms with Crippen LogP contribution in [0.4, 0.5) is 8.78 Å². The molecule has 76 valence electrons. The Morgan fingerprint density at radius 3 is 1.83 bits per heavy atom. The predicted octanol–water partition coefficient (Wildman–Crippen LogP) is 4.50. The zero-order chi connectivity index (χ0) is 9.82. The summed E-state index contributed by atoms with van der Waals surface area (Å²) in [6.45, 7) is 5.14. The first kappa shape index (κ1) is 14.4. The van der Waals surface area contributed by atoms with Gasteiger partial charge in [0.1, 0.15) is 0 Å². The maximum absolute atomic E-state index is 9.62. The van der Waals surface area contributed by atoms with E-state index in [-0.39, 0.29) is 0 Å². The molecule has 12 heavy (non-hydrogen) atoms. The van der Waals surface area contributed by atoms with Crippen LogP contribution >= 0.6 is 0 Å². The monoisotopic (exact) mass is 180 g/mol. The van der Waals surface area contributed by atoms with Crippen LogP contribution in [0.25, 0.3) is 0 Å². The third kappa shape index (κ3) is 16.4. The summed E-state index contributed by atoms with van der Waals surface area (Å²) in [6, 6.07) is 0. The van der Waals surface area contributed by atoms with Gasteiger partial charge in [0.05, 0.1) is 0 Å². The molecule has 0 rings (SSSR count). The van der Waals surface area contributed by atoms with Crippen molar-refractivity contribution in [1.82, 2.24) is 0 Å². The molecule has 2 heteroatoms. The lowest BCUT2D eigenvalue weighted by Gasteiger charge is -2.07. The molecule has 1 unspecified atom stereocenters. The highest BCUT2D eigenvalue weighted by Gasteiger charge is 1.97. The minimum atomic E-state index is -1.75. The minimum Gasteiger partial charge on any atom is -0.214 e. The average Bonchev–Trinajstić information content (AvgIpc) is 2.03. The molecule has 0 bridgehead atoms. The van der Waals surface area contributed by atoms with E-state index in [9.17, 15) is 8.78 Å². The molecule has 0 spiro atoms. The topological polar surface area (TPSA) is 0 Å². The van der Waals surface area contributed by atoms with Crippen molar-refractivity contribution in [2.75, 3.05) is 6.93 Å². The van der Waals surface area contributed by atoms with Crippen LogP contribution in [0.2, 0.25) is 0 Å². The number of alkyl halides is 2. The molecule has 0 aliphatic carbocycles. The highest BCUT2D eigenvalue weighted by atomic mass is 19.3. The highest BCUT2D eigenvalue weighted by molar-refractivity contribution is 4.50. The summed E-state index contributed by atoms with van der Waals surface area (Å²) < 4.78 is 19.2.